The molecule has 0 saturated carbocycles. The van der Waals surface area contributed by atoms with Crippen LogP contribution in [0.1, 0.15) is 12.0 Å². The summed E-state index contributed by atoms with van der Waals surface area (Å²) in [4.78, 5) is 21.1. The molecule has 0 saturated heterocycles. The summed E-state index contributed by atoms with van der Waals surface area (Å²) in [6.07, 6.45) is 1.53. The summed E-state index contributed by atoms with van der Waals surface area (Å²) in [5, 5.41) is 9.06. The average molecular weight is 273 g/mol. The Balaban J connectivity index is 1.63. The quantitative estimate of drug-likeness (QED) is 0.933. The van der Waals surface area contributed by atoms with Crippen molar-refractivity contribution in [2.24, 2.45) is 5.16 Å². The van der Waals surface area contributed by atoms with Gasteiger partial charge in [-0.1, -0.05) is 35.5 Å². The van der Waals surface area contributed by atoms with E-state index in [1.807, 2.05) is 30.3 Å². The van der Waals surface area contributed by atoms with Crippen molar-refractivity contribution in [1.29, 1.82) is 0 Å². The number of anilines is 1. The van der Waals surface area contributed by atoms with E-state index in [4.69, 9.17) is 4.84 Å². The number of carbonyl (C=O) groups excluding carboxylic acids is 1. The molecule has 0 fully saturated rings. The molecule has 3 rings (SSSR count). The lowest BCUT2D eigenvalue weighted by Gasteiger charge is -2.06. The van der Waals surface area contributed by atoms with Crippen molar-refractivity contribution >= 4 is 28.1 Å². The molecule has 2 heterocycles. The molecule has 1 N–H and O–H groups in total. The van der Waals surface area contributed by atoms with Crippen molar-refractivity contribution in [2.45, 2.75) is 12.5 Å². The summed E-state index contributed by atoms with van der Waals surface area (Å²) in [6.45, 7) is 0. The van der Waals surface area contributed by atoms with Gasteiger partial charge >= 0.3 is 0 Å². The van der Waals surface area contributed by atoms with Crippen LogP contribution in [0.2, 0.25) is 0 Å². The minimum atomic E-state index is -0.584. The van der Waals surface area contributed by atoms with Gasteiger partial charge in [0.1, 0.15) is 0 Å². The van der Waals surface area contributed by atoms with Gasteiger partial charge in [0.05, 0.1) is 5.71 Å². The molecule has 0 unspecified atom stereocenters. The van der Waals surface area contributed by atoms with Crippen molar-refractivity contribution in [3.05, 3.63) is 47.5 Å². The second kappa shape index (κ2) is 5.19. The fourth-order valence-electron chi connectivity index (χ4n) is 1.79. The SMILES string of the molecule is O=C(Nc1nccs1)[C@@H]1CC(c2ccccc2)=NO1. The second-order valence-corrected chi connectivity index (χ2v) is 4.92. The molecule has 1 amide bonds. The van der Waals surface area contributed by atoms with Gasteiger partial charge in [-0.15, -0.1) is 11.3 Å². The number of thiazole rings is 1. The van der Waals surface area contributed by atoms with E-state index in [9.17, 15) is 4.79 Å². The van der Waals surface area contributed by atoms with Gasteiger partial charge in [0.25, 0.3) is 5.91 Å². The van der Waals surface area contributed by atoms with Gasteiger partial charge in [0.2, 0.25) is 6.10 Å². The summed E-state index contributed by atoms with van der Waals surface area (Å²) < 4.78 is 0. The summed E-state index contributed by atoms with van der Waals surface area (Å²) in [6, 6.07) is 9.70. The van der Waals surface area contributed by atoms with E-state index in [2.05, 4.69) is 15.5 Å². The Labute approximate surface area is 113 Å². The van der Waals surface area contributed by atoms with Crippen molar-refractivity contribution in [2.75, 3.05) is 5.32 Å². The minimum absolute atomic E-state index is 0.218. The van der Waals surface area contributed by atoms with Crippen LogP contribution in [-0.2, 0) is 9.63 Å². The first-order valence-electron chi connectivity index (χ1n) is 5.81. The van der Waals surface area contributed by atoms with Gasteiger partial charge < -0.3 is 4.84 Å². The predicted octanol–water partition coefficient (Wildman–Crippen LogP) is 2.27. The zero-order chi connectivity index (χ0) is 13.1. The monoisotopic (exact) mass is 273 g/mol. The van der Waals surface area contributed by atoms with Crippen LogP contribution in [-0.4, -0.2) is 22.7 Å². The molecular formula is C13H11N3O2S. The molecule has 1 atom stereocenters. The number of rotatable bonds is 3. The summed E-state index contributed by atoms with van der Waals surface area (Å²) in [7, 11) is 0. The summed E-state index contributed by atoms with van der Waals surface area (Å²) >= 11 is 1.37. The van der Waals surface area contributed by atoms with Crippen LogP contribution in [0.3, 0.4) is 0 Å². The number of amides is 1. The Morgan fingerprint density at radius 1 is 1.37 bits per heavy atom. The maximum Gasteiger partial charge on any atom is 0.270 e. The van der Waals surface area contributed by atoms with Crippen molar-refractivity contribution in [1.82, 2.24) is 4.98 Å². The van der Waals surface area contributed by atoms with E-state index < -0.39 is 6.10 Å². The van der Waals surface area contributed by atoms with Crippen LogP contribution >= 0.6 is 11.3 Å². The fourth-order valence-corrected chi connectivity index (χ4v) is 2.32. The highest BCUT2D eigenvalue weighted by molar-refractivity contribution is 7.13. The Kier molecular flexibility index (Phi) is 3.24. The molecule has 0 spiro atoms. The zero-order valence-corrected chi connectivity index (χ0v) is 10.8. The van der Waals surface area contributed by atoms with Gasteiger partial charge in [0, 0.05) is 18.0 Å². The second-order valence-electron chi connectivity index (χ2n) is 4.03. The van der Waals surface area contributed by atoms with E-state index in [-0.39, 0.29) is 5.91 Å². The van der Waals surface area contributed by atoms with Crippen LogP contribution in [0.25, 0.3) is 0 Å². The highest BCUT2D eigenvalue weighted by Gasteiger charge is 2.29. The van der Waals surface area contributed by atoms with Crippen molar-refractivity contribution < 1.29 is 9.63 Å². The standard InChI is InChI=1S/C13H11N3O2S/c17-12(15-13-14-6-7-19-13)11-8-10(16-18-11)9-4-2-1-3-5-9/h1-7,11H,8H2,(H,14,15,17)/t11-/m0/s1. The summed E-state index contributed by atoms with van der Waals surface area (Å²) in [5.41, 5.74) is 1.77. The fraction of sp³-hybridized carbons (Fsp3) is 0.154. The number of nitrogens with zero attached hydrogens (tertiary/aromatic N) is 2. The number of benzene rings is 1. The first-order valence-corrected chi connectivity index (χ1v) is 6.69. The molecule has 1 aromatic heterocycles. The molecule has 0 radical (unpaired) electrons. The molecule has 1 aliphatic heterocycles. The lowest BCUT2D eigenvalue weighted by Crippen LogP contribution is -2.27. The van der Waals surface area contributed by atoms with E-state index in [0.717, 1.165) is 11.3 Å². The van der Waals surface area contributed by atoms with Crippen LogP contribution in [0, 0.1) is 0 Å². The number of oxime groups is 1. The van der Waals surface area contributed by atoms with Gasteiger partial charge in [-0.25, -0.2) is 4.98 Å². The molecule has 0 bridgehead atoms. The third-order valence-electron chi connectivity index (χ3n) is 2.73. The van der Waals surface area contributed by atoms with Gasteiger partial charge in [-0.3, -0.25) is 10.1 Å². The number of hydrogen-bond acceptors (Lipinski definition) is 5. The molecule has 19 heavy (non-hydrogen) atoms. The smallest absolute Gasteiger partial charge is 0.270 e. The highest BCUT2D eigenvalue weighted by atomic mass is 32.1. The van der Waals surface area contributed by atoms with E-state index in [1.165, 1.54) is 11.3 Å². The molecule has 2 aromatic rings. The number of aromatic nitrogens is 1. The molecule has 5 nitrogen and oxygen atoms in total. The molecule has 6 heteroatoms. The third-order valence-corrected chi connectivity index (χ3v) is 3.42. The third kappa shape index (κ3) is 2.63. The van der Waals surface area contributed by atoms with Gasteiger partial charge in [0.15, 0.2) is 5.13 Å². The number of nitrogens with one attached hydrogen (secondary N) is 1. The lowest BCUT2D eigenvalue weighted by atomic mass is 10.1. The molecular weight excluding hydrogens is 262 g/mol. The zero-order valence-electron chi connectivity index (χ0n) is 9.95. The van der Waals surface area contributed by atoms with Crippen molar-refractivity contribution in [3.63, 3.8) is 0 Å². The predicted molar refractivity (Wildman–Crippen MR) is 73.2 cm³/mol. The van der Waals surface area contributed by atoms with E-state index in [0.29, 0.717) is 11.6 Å². The van der Waals surface area contributed by atoms with Crippen LogP contribution in [0.5, 0.6) is 0 Å². The maximum atomic E-state index is 11.9. The largest absolute Gasteiger partial charge is 0.382 e. The van der Waals surface area contributed by atoms with Gasteiger partial charge in [-0.05, 0) is 5.56 Å². The minimum Gasteiger partial charge on any atom is -0.382 e. The van der Waals surface area contributed by atoms with Crippen LogP contribution < -0.4 is 5.32 Å². The summed E-state index contributed by atoms with van der Waals surface area (Å²) in [5.74, 6) is -0.218. The Bertz CT molecular complexity index is 596. The number of carbonyl (C=O) groups is 1. The molecule has 1 aliphatic rings. The molecule has 1 aromatic carbocycles. The van der Waals surface area contributed by atoms with Crippen LogP contribution in [0.15, 0.2) is 47.1 Å². The molecule has 96 valence electrons. The Morgan fingerprint density at radius 3 is 2.95 bits per heavy atom. The van der Waals surface area contributed by atoms with Crippen LogP contribution in [0.4, 0.5) is 5.13 Å². The first kappa shape index (κ1) is 11.9. The Morgan fingerprint density at radius 2 is 2.21 bits per heavy atom. The Hall–Kier alpha value is -2.21. The lowest BCUT2D eigenvalue weighted by molar-refractivity contribution is -0.125. The van der Waals surface area contributed by atoms with Gasteiger partial charge in [-0.2, -0.15) is 0 Å². The van der Waals surface area contributed by atoms with Crippen molar-refractivity contribution in [3.8, 4) is 0 Å². The molecule has 0 aliphatic carbocycles. The maximum absolute atomic E-state index is 11.9. The first-order chi connectivity index (χ1) is 9.33. The van der Waals surface area contributed by atoms with E-state index >= 15 is 0 Å². The topological polar surface area (TPSA) is 63.6 Å². The van der Waals surface area contributed by atoms with E-state index in [1.54, 1.807) is 11.6 Å². The average Bonchev–Trinajstić information content (AvgIpc) is 3.10. The normalized spacial score (nSPS) is 17.7. The number of hydrogen-bond donors (Lipinski definition) is 1. The highest BCUT2D eigenvalue weighted by Crippen LogP contribution is 2.19.